The molecule has 0 bridgehead atoms. The molecule has 2 N–H and O–H groups in total. The van der Waals surface area contributed by atoms with E-state index in [1.54, 1.807) is 0 Å². The number of amides is 2. The zero-order valence-electron chi connectivity index (χ0n) is 14.7. The Balaban J connectivity index is 1.33. The number of nitrogens with one attached hydrogen (secondary N) is 1. The highest BCUT2D eigenvalue weighted by Crippen LogP contribution is 2.35. The topological polar surface area (TPSA) is 72.9 Å². The van der Waals surface area contributed by atoms with Crippen LogP contribution in [-0.2, 0) is 4.79 Å². The molecule has 2 amide bonds. The highest BCUT2D eigenvalue weighted by atomic mass is 16.4. The van der Waals surface area contributed by atoms with E-state index >= 15 is 0 Å². The SMILES string of the molecule is CCN(CC(=O)O)C1CC(NC(=O)N2CC(C3CCCCC3)C2)C1. The third-order valence-corrected chi connectivity index (χ3v) is 6.22. The summed E-state index contributed by atoms with van der Waals surface area (Å²) in [5.41, 5.74) is 0. The second-order valence-corrected chi connectivity index (χ2v) is 7.79. The Labute approximate surface area is 144 Å². The first-order valence-corrected chi connectivity index (χ1v) is 9.58. The van der Waals surface area contributed by atoms with Crippen molar-refractivity contribution in [1.82, 2.24) is 15.1 Å². The van der Waals surface area contributed by atoms with Crippen molar-refractivity contribution in [3.8, 4) is 0 Å². The molecule has 0 aromatic rings. The molecule has 1 saturated heterocycles. The number of rotatable bonds is 6. The van der Waals surface area contributed by atoms with Crippen molar-refractivity contribution in [3.63, 3.8) is 0 Å². The maximum Gasteiger partial charge on any atom is 0.317 e. The zero-order valence-corrected chi connectivity index (χ0v) is 14.7. The van der Waals surface area contributed by atoms with Crippen LogP contribution in [0.3, 0.4) is 0 Å². The maximum absolute atomic E-state index is 12.3. The first kappa shape index (κ1) is 17.5. The van der Waals surface area contributed by atoms with Gasteiger partial charge in [-0.1, -0.05) is 39.0 Å². The Morgan fingerprint density at radius 3 is 2.38 bits per heavy atom. The molecule has 1 heterocycles. The van der Waals surface area contributed by atoms with E-state index < -0.39 is 5.97 Å². The lowest BCUT2D eigenvalue weighted by molar-refractivity contribution is -0.139. The van der Waals surface area contributed by atoms with Crippen LogP contribution in [0.2, 0.25) is 0 Å². The Morgan fingerprint density at radius 1 is 1.12 bits per heavy atom. The molecule has 0 atom stereocenters. The Morgan fingerprint density at radius 2 is 1.79 bits per heavy atom. The summed E-state index contributed by atoms with van der Waals surface area (Å²) in [6, 6.07) is 0.577. The van der Waals surface area contributed by atoms with Crippen molar-refractivity contribution in [1.29, 1.82) is 0 Å². The van der Waals surface area contributed by atoms with E-state index in [2.05, 4.69) is 5.32 Å². The summed E-state index contributed by atoms with van der Waals surface area (Å²) in [5, 5.41) is 12.0. The van der Waals surface area contributed by atoms with E-state index in [0.29, 0.717) is 6.04 Å². The minimum atomic E-state index is -0.779. The normalized spacial score (nSPS) is 28.3. The molecule has 0 radical (unpaired) electrons. The molecule has 0 aromatic heterocycles. The number of carbonyl (C=O) groups is 2. The van der Waals surface area contributed by atoms with Gasteiger partial charge in [0.15, 0.2) is 0 Å². The number of urea groups is 1. The number of aliphatic carboxylic acids is 1. The fraction of sp³-hybridized carbons (Fsp3) is 0.889. The number of likely N-dealkylation sites (N-methyl/N-ethyl adjacent to an activating group) is 1. The third kappa shape index (κ3) is 4.02. The van der Waals surface area contributed by atoms with Gasteiger partial charge in [0.2, 0.25) is 0 Å². The van der Waals surface area contributed by atoms with Crippen LogP contribution >= 0.6 is 0 Å². The monoisotopic (exact) mass is 337 g/mol. The number of hydrogen-bond acceptors (Lipinski definition) is 3. The lowest BCUT2D eigenvalue weighted by Crippen LogP contribution is -2.61. The predicted molar refractivity (Wildman–Crippen MR) is 91.9 cm³/mol. The number of hydrogen-bond donors (Lipinski definition) is 2. The van der Waals surface area contributed by atoms with Gasteiger partial charge in [0, 0.05) is 25.2 Å². The quantitative estimate of drug-likeness (QED) is 0.779. The average Bonchev–Trinajstić information content (AvgIpc) is 2.48. The molecule has 0 aromatic carbocycles. The fourth-order valence-corrected chi connectivity index (χ4v) is 4.52. The largest absolute Gasteiger partial charge is 0.480 e. The van der Waals surface area contributed by atoms with Crippen LogP contribution in [0.5, 0.6) is 0 Å². The molecule has 2 saturated carbocycles. The molecule has 6 heteroatoms. The van der Waals surface area contributed by atoms with E-state index in [1.807, 2.05) is 16.7 Å². The second kappa shape index (κ2) is 7.72. The van der Waals surface area contributed by atoms with Crippen LogP contribution in [0.25, 0.3) is 0 Å². The molecule has 3 rings (SSSR count). The lowest BCUT2D eigenvalue weighted by Gasteiger charge is -2.47. The van der Waals surface area contributed by atoms with Crippen molar-refractivity contribution in [2.75, 3.05) is 26.2 Å². The summed E-state index contributed by atoms with van der Waals surface area (Å²) >= 11 is 0. The summed E-state index contributed by atoms with van der Waals surface area (Å²) < 4.78 is 0. The average molecular weight is 337 g/mol. The van der Waals surface area contributed by atoms with Gasteiger partial charge < -0.3 is 15.3 Å². The first-order valence-electron chi connectivity index (χ1n) is 9.58. The lowest BCUT2D eigenvalue weighted by atomic mass is 9.76. The summed E-state index contributed by atoms with van der Waals surface area (Å²) in [6.45, 7) is 4.67. The van der Waals surface area contributed by atoms with Crippen molar-refractivity contribution < 1.29 is 14.7 Å². The maximum atomic E-state index is 12.3. The molecule has 0 spiro atoms. The van der Waals surface area contributed by atoms with Crippen LogP contribution in [-0.4, -0.2) is 65.2 Å². The van der Waals surface area contributed by atoms with Crippen molar-refractivity contribution >= 4 is 12.0 Å². The predicted octanol–water partition coefficient (Wildman–Crippen LogP) is 2.15. The zero-order chi connectivity index (χ0) is 17.1. The van der Waals surface area contributed by atoms with Crippen molar-refractivity contribution in [3.05, 3.63) is 0 Å². The fourth-order valence-electron chi connectivity index (χ4n) is 4.52. The smallest absolute Gasteiger partial charge is 0.317 e. The van der Waals surface area contributed by atoms with Crippen LogP contribution in [0.15, 0.2) is 0 Å². The van der Waals surface area contributed by atoms with E-state index in [0.717, 1.165) is 44.3 Å². The van der Waals surface area contributed by atoms with Gasteiger partial charge in [-0.15, -0.1) is 0 Å². The van der Waals surface area contributed by atoms with E-state index in [9.17, 15) is 9.59 Å². The van der Waals surface area contributed by atoms with Crippen molar-refractivity contribution in [2.45, 2.75) is 64.0 Å². The summed E-state index contributed by atoms with van der Waals surface area (Å²) in [5.74, 6) is 0.778. The molecule has 1 aliphatic heterocycles. The third-order valence-electron chi connectivity index (χ3n) is 6.22. The van der Waals surface area contributed by atoms with E-state index in [-0.39, 0.29) is 18.6 Å². The molecule has 0 unspecified atom stereocenters. The highest BCUT2D eigenvalue weighted by molar-refractivity contribution is 5.75. The molecule has 6 nitrogen and oxygen atoms in total. The Hall–Kier alpha value is -1.30. The number of nitrogens with zero attached hydrogens (tertiary/aromatic N) is 2. The standard InChI is InChI=1S/C18H31N3O3/c1-2-20(12-17(22)23)16-8-15(9-16)19-18(24)21-10-14(11-21)13-6-4-3-5-7-13/h13-16H,2-12H2,1H3,(H,19,24)(H,22,23). The van der Waals surface area contributed by atoms with E-state index in [4.69, 9.17) is 5.11 Å². The van der Waals surface area contributed by atoms with Crippen LogP contribution < -0.4 is 5.32 Å². The summed E-state index contributed by atoms with van der Waals surface area (Å²) in [4.78, 5) is 27.1. The van der Waals surface area contributed by atoms with Gasteiger partial charge in [0.1, 0.15) is 0 Å². The van der Waals surface area contributed by atoms with Gasteiger partial charge in [0.25, 0.3) is 0 Å². The Kier molecular flexibility index (Phi) is 5.64. The minimum Gasteiger partial charge on any atom is -0.480 e. The molecule has 136 valence electrons. The minimum absolute atomic E-state index is 0.0757. The van der Waals surface area contributed by atoms with Crippen molar-refractivity contribution in [2.24, 2.45) is 11.8 Å². The first-order chi connectivity index (χ1) is 11.6. The van der Waals surface area contributed by atoms with Gasteiger partial charge in [-0.3, -0.25) is 9.69 Å². The molecule has 3 fully saturated rings. The highest BCUT2D eigenvalue weighted by Gasteiger charge is 2.39. The van der Waals surface area contributed by atoms with Gasteiger partial charge in [-0.2, -0.15) is 0 Å². The Bertz CT molecular complexity index is 452. The van der Waals surface area contributed by atoms with Gasteiger partial charge in [-0.05, 0) is 31.2 Å². The van der Waals surface area contributed by atoms with Crippen LogP contribution in [0, 0.1) is 11.8 Å². The van der Waals surface area contributed by atoms with Gasteiger partial charge >= 0.3 is 12.0 Å². The van der Waals surface area contributed by atoms with E-state index in [1.165, 1.54) is 32.1 Å². The number of likely N-dealkylation sites (tertiary alicyclic amines) is 1. The number of carboxylic acids is 1. The molecule has 2 aliphatic carbocycles. The van der Waals surface area contributed by atoms with Crippen LogP contribution in [0.4, 0.5) is 4.79 Å². The second-order valence-electron chi connectivity index (χ2n) is 7.79. The number of carboxylic acid groups (broad SMARTS) is 1. The molecular weight excluding hydrogens is 306 g/mol. The van der Waals surface area contributed by atoms with Gasteiger partial charge in [-0.25, -0.2) is 4.79 Å². The van der Waals surface area contributed by atoms with Gasteiger partial charge in [0.05, 0.1) is 6.54 Å². The summed E-state index contributed by atoms with van der Waals surface area (Å²) in [7, 11) is 0. The summed E-state index contributed by atoms with van der Waals surface area (Å²) in [6.07, 6.45) is 8.54. The number of carbonyl (C=O) groups excluding carboxylic acids is 1. The molecule has 3 aliphatic rings. The molecular formula is C18H31N3O3. The van der Waals surface area contributed by atoms with Crippen LogP contribution in [0.1, 0.15) is 51.9 Å². The molecule has 24 heavy (non-hydrogen) atoms.